The molecule has 0 radical (unpaired) electrons. The maximum absolute atomic E-state index is 12.1. The maximum Gasteiger partial charge on any atom is 0.387 e. The van der Waals surface area contributed by atoms with Gasteiger partial charge in [-0.2, -0.15) is 14.0 Å². The summed E-state index contributed by atoms with van der Waals surface area (Å²) in [6, 6.07) is 3.35. The van der Waals surface area contributed by atoms with Gasteiger partial charge in [-0.1, -0.05) is 0 Å². The van der Waals surface area contributed by atoms with Crippen molar-refractivity contribution in [3.63, 3.8) is 0 Å². The molecule has 1 rings (SSSR count). The molecule has 7 heteroatoms. The van der Waals surface area contributed by atoms with Crippen LogP contribution in [0.15, 0.2) is 12.1 Å². The SMILES string of the molecule is CCOC(=O)c1cc(O)cc(OC(F)F)c1C#N. The number of ether oxygens (including phenoxy) is 2. The second-order valence-electron chi connectivity index (χ2n) is 3.08. The molecule has 96 valence electrons. The first-order chi connectivity index (χ1) is 8.49. The lowest BCUT2D eigenvalue weighted by Gasteiger charge is -2.10. The van der Waals surface area contributed by atoms with E-state index >= 15 is 0 Å². The zero-order chi connectivity index (χ0) is 13.7. The largest absolute Gasteiger partial charge is 0.508 e. The number of nitrogens with zero attached hydrogens (tertiary/aromatic N) is 1. The van der Waals surface area contributed by atoms with E-state index < -0.39 is 29.6 Å². The zero-order valence-electron chi connectivity index (χ0n) is 9.31. The Balaban J connectivity index is 3.29. The van der Waals surface area contributed by atoms with Gasteiger partial charge in [0.15, 0.2) is 0 Å². The number of alkyl halides is 2. The Morgan fingerprint density at radius 2 is 2.22 bits per heavy atom. The molecular weight excluding hydrogens is 248 g/mol. The highest BCUT2D eigenvalue weighted by atomic mass is 19.3. The Morgan fingerprint density at radius 1 is 1.56 bits per heavy atom. The first kappa shape index (κ1) is 13.7. The Morgan fingerprint density at radius 3 is 2.72 bits per heavy atom. The van der Waals surface area contributed by atoms with Gasteiger partial charge in [-0.3, -0.25) is 0 Å². The van der Waals surface area contributed by atoms with Crippen LogP contribution in [-0.4, -0.2) is 24.3 Å². The van der Waals surface area contributed by atoms with Gasteiger partial charge >= 0.3 is 12.6 Å². The lowest BCUT2D eigenvalue weighted by Crippen LogP contribution is -2.10. The molecular formula is C11H9F2NO4. The average Bonchev–Trinajstić information content (AvgIpc) is 2.27. The third-order valence-corrected chi connectivity index (χ3v) is 1.91. The van der Waals surface area contributed by atoms with Crippen molar-refractivity contribution in [2.45, 2.75) is 13.5 Å². The van der Waals surface area contributed by atoms with Crippen molar-refractivity contribution in [2.24, 2.45) is 0 Å². The molecule has 0 saturated carbocycles. The molecule has 0 aliphatic rings. The predicted molar refractivity (Wildman–Crippen MR) is 55.4 cm³/mol. The number of benzene rings is 1. The summed E-state index contributed by atoms with van der Waals surface area (Å²) in [6.45, 7) is -1.58. The monoisotopic (exact) mass is 257 g/mol. The van der Waals surface area contributed by atoms with Crippen LogP contribution in [-0.2, 0) is 4.74 Å². The van der Waals surface area contributed by atoms with Crippen LogP contribution in [0, 0.1) is 11.3 Å². The summed E-state index contributed by atoms with van der Waals surface area (Å²) in [6.07, 6.45) is 0. The van der Waals surface area contributed by atoms with E-state index in [1.807, 2.05) is 0 Å². The number of carbonyl (C=O) groups excluding carboxylic acids is 1. The number of rotatable bonds is 4. The van der Waals surface area contributed by atoms with Crippen LogP contribution in [0.3, 0.4) is 0 Å². The summed E-state index contributed by atoms with van der Waals surface area (Å²) < 4.78 is 32.9. The highest BCUT2D eigenvalue weighted by Crippen LogP contribution is 2.29. The van der Waals surface area contributed by atoms with Gasteiger partial charge in [0.2, 0.25) is 0 Å². The third-order valence-electron chi connectivity index (χ3n) is 1.91. The Hall–Kier alpha value is -2.36. The molecule has 0 fully saturated rings. The van der Waals surface area contributed by atoms with E-state index in [1.165, 1.54) is 0 Å². The minimum atomic E-state index is -3.17. The van der Waals surface area contributed by atoms with E-state index in [0.717, 1.165) is 12.1 Å². The molecule has 0 aliphatic carbocycles. The number of phenolic OH excluding ortho intramolecular Hbond substituents is 1. The lowest BCUT2D eigenvalue weighted by molar-refractivity contribution is -0.0502. The second kappa shape index (κ2) is 5.82. The minimum Gasteiger partial charge on any atom is -0.508 e. The first-order valence-electron chi connectivity index (χ1n) is 4.88. The van der Waals surface area contributed by atoms with Crippen molar-refractivity contribution in [2.75, 3.05) is 6.61 Å². The van der Waals surface area contributed by atoms with Gasteiger partial charge < -0.3 is 14.6 Å². The maximum atomic E-state index is 12.1. The number of phenols is 1. The van der Waals surface area contributed by atoms with Gasteiger partial charge in [0.25, 0.3) is 0 Å². The number of halogens is 2. The predicted octanol–water partition coefficient (Wildman–Crippen LogP) is 2.04. The van der Waals surface area contributed by atoms with Crippen LogP contribution >= 0.6 is 0 Å². The summed E-state index contributed by atoms with van der Waals surface area (Å²) >= 11 is 0. The molecule has 0 bridgehead atoms. The fourth-order valence-electron chi connectivity index (χ4n) is 1.28. The topological polar surface area (TPSA) is 79.6 Å². The third kappa shape index (κ3) is 3.07. The summed E-state index contributed by atoms with van der Waals surface area (Å²) in [5.41, 5.74) is -0.735. The normalized spacial score (nSPS) is 9.94. The smallest absolute Gasteiger partial charge is 0.387 e. The molecule has 0 spiro atoms. The van der Waals surface area contributed by atoms with Crippen molar-refractivity contribution >= 4 is 5.97 Å². The molecule has 0 aromatic heterocycles. The Bertz CT molecular complexity index is 497. The van der Waals surface area contributed by atoms with Gasteiger partial charge in [0.1, 0.15) is 23.1 Å². The number of aromatic hydroxyl groups is 1. The highest BCUT2D eigenvalue weighted by molar-refractivity contribution is 5.93. The van der Waals surface area contributed by atoms with Crippen molar-refractivity contribution in [3.05, 3.63) is 23.3 Å². The second-order valence-corrected chi connectivity index (χ2v) is 3.08. The average molecular weight is 257 g/mol. The number of esters is 1. The molecule has 0 saturated heterocycles. The molecule has 1 aromatic rings. The van der Waals surface area contributed by atoms with E-state index in [-0.39, 0.29) is 12.2 Å². The summed E-state index contributed by atoms with van der Waals surface area (Å²) in [5, 5.41) is 18.2. The van der Waals surface area contributed by atoms with Crippen LogP contribution in [0.4, 0.5) is 8.78 Å². The van der Waals surface area contributed by atoms with E-state index in [2.05, 4.69) is 9.47 Å². The van der Waals surface area contributed by atoms with Gasteiger partial charge in [-0.05, 0) is 13.0 Å². The summed E-state index contributed by atoms with van der Waals surface area (Å²) in [4.78, 5) is 11.5. The molecule has 5 nitrogen and oxygen atoms in total. The molecule has 0 aliphatic heterocycles. The van der Waals surface area contributed by atoms with Gasteiger partial charge in [-0.15, -0.1) is 0 Å². The Kier molecular flexibility index (Phi) is 4.43. The standard InChI is InChI=1S/C11H9F2NO4/c1-2-17-10(16)7-3-6(15)4-9(8(7)5-14)18-11(12)13/h3-4,11,15H,2H2,1H3. The van der Waals surface area contributed by atoms with Crippen LogP contribution < -0.4 is 4.74 Å². The van der Waals surface area contributed by atoms with E-state index in [9.17, 15) is 18.7 Å². The number of carbonyl (C=O) groups is 1. The first-order valence-corrected chi connectivity index (χ1v) is 4.88. The van der Waals surface area contributed by atoms with Gasteiger partial charge in [-0.25, -0.2) is 4.79 Å². The fraction of sp³-hybridized carbons (Fsp3) is 0.273. The summed E-state index contributed by atoms with van der Waals surface area (Å²) in [7, 11) is 0. The van der Waals surface area contributed by atoms with E-state index in [0.29, 0.717) is 0 Å². The van der Waals surface area contributed by atoms with Crippen molar-refractivity contribution in [1.82, 2.24) is 0 Å². The quantitative estimate of drug-likeness (QED) is 0.835. The fourth-order valence-corrected chi connectivity index (χ4v) is 1.28. The molecule has 0 amide bonds. The lowest BCUT2D eigenvalue weighted by atomic mass is 10.1. The van der Waals surface area contributed by atoms with E-state index in [1.54, 1.807) is 13.0 Å². The van der Waals surface area contributed by atoms with Crippen molar-refractivity contribution in [1.29, 1.82) is 5.26 Å². The van der Waals surface area contributed by atoms with Gasteiger partial charge in [0.05, 0.1) is 12.2 Å². The molecule has 0 heterocycles. The Labute approximate surface area is 101 Å². The van der Waals surface area contributed by atoms with Crippen LogP contribution in [0.1, 0.15) is 22.8 Å². The summed E-state index contributed by atoms with van der Waals surface area (Å²) in [5.74, 6) is -1.95. The van der Waals surface area contributed by atoms with Crippen LogP contribution in [0.5, 0.6) is 11.5 Å². The minimum absolute atomic E-state index is 0.0460. The molecule has 0 atom stereocenters. The van der Waals surface area contributed by atoms with Crippen LogP contribution in [0.25, 0.3) is 0 Å². The molecule has 0 unspecified atom stereocenters. The van der Waals surface area contributed by atoms with Crippen LogP contribution in [0.2, 0.25) is 0 Å². The van der Waals surface area contributed by atoms with Crippen molar-refractivity contribution < 1.29 is 28.2 Å². The van der Waals surface area contributed by atoms with Crippen molar-refractivity contribution in [3.8, 4) is 17.6 Å². The molecule has 1 aromatic carbocycles. The highest BCUT2D eigenvalue weighted by Gasteiger charge is 2.20. The number of hydrogen-bond acceptors (Lipinski definition) is 5. The zero-order valence-corrected chi connectivity index (χ0v) is 9.31. The molecule has 18 heavy (non-hydrogen) atoms. The number of nitriles is 1. The van der Waals surface area contributed by atoms with E-state index in [4.69, 9.17) is 5.26 Å². The molecule has 1 N–H and O–H groups in total. The number of hydrogen-bond donors (Lipinski definition) is 1. The van der Waals surface area contributed by atoms with Gasteiger partial charge in [0, 0.05) is 6.07 Å².